The molecule has 0 atom stereocenters. The summed E-state index contributed by atoms with van der Waals surface area (Å²) >= 11 is 11.7. The van der Waals surface area contributed by atoms with Crippen LogP contribution in [-0.2, 0) is 21.8 Å². The lowest BCUT2D eigenvalue weighted by atomic mass is 10.0. The SMILES string of the molecule is COC(=O)CCCc1ccc(Cl)cc1CCl. The Morgan fingerprint density at radius 1 is 1.38 bits per heavy atom. The van der Waals surface area contributed by atoms with E-state index in [0.29, 0.717) is 17.3 Å². The van der Waals surface area contributed by atoms with E-state index >= 15 is 0 Å². The van der Waals surface area contributed by atoms with Crippen LogP contribution in [0.5, 0.6) is 0 Å². The van der Waals surface area contributed by atoms with E-state index in [1.807, 2.05) is 18.2 Å². The third kappa shape index (κ3) is 4.03. The molecule has 0 N–H and O–H groups in total. The number of aryl methyl sites for hydroxylation is 1. The second kappa shape index (κ2) is 6.77. The van der Waals surface area contributed by atoms with Gasteiger partial charge in [0.15, 0.2) is 0 Å². The van der Waals surface area contributed by atoms with Crippen LogP contribution in [0.1, 0.15) is 24.0 Å². The number of rotatable bonds is 5. The Bertz CT molecular complexity index is 364. The van der Waals surface area contributed by atoms with Gasteiger partial charge in [0.05, 0.1) is 7.11 Å². The third-order valence-corrected chi connectivity index (χ3v) is 2.89. The summed E-state index contributed by atoms with van der Waals surface area (Å²) in [6.45, 7) is 0. The smallest absolute Gasteiger partial charge is 0.305 e. The zero-order valence-corrected chi connectivity index (χ0v) is 10.6. The fourth-order valence-electron chi connectivity index (χ4n) is 1.49. The maximum absolute atomic E-state index is 10.9. The van der Waals surface area contributed by atoms with Gasteiger partial charge in [0.2, 0.25) is 0 Å². The van der Waals surface area contributed by atoms with Crippen LogP contribution < -0.4 is 0 Å². The lowest BCUT2D eigenvalue weighted by Crippen LogP contribution is -2.01. The fourth-order valence-corrected chi connectivity index (χ4v) is 1.93. The maximum atomic E-state index is 10.9. The molecule has 0 aliphatic carbocycles. The summed E-state index contributed by atoms with van der Waals surface area (Å²) < 4.78 is 4.58. The molecule has 2 nitrogen and oxygen atoms in total. The minimum Gasteiger partial charge on any atom is -0.469 e. The Kier molecular flexibility index (Phi) is 5.64. The highest BCUT2D eigenvalue weighted by molar-refractivity contribution is 6.30. The number of esters is 1. The fraction of sp³-hybridized carbons (Fsp3) is 0.417. The van der Waals surface area contributed by atoms with Crippen molar-refractivity contribution < 1.29 is 9.53 Å². The molecule has 0 amide bonds. The number of benzene rings is 1. The van der Waals surface area contributed by atoms with Crippen molar-refractivity contribution in [3.05, 3.63) is 34.3 Å². The molecule has 0 aliphatic rings. The van der Waals surface area contributed by atoms with E-state index in [2.05, 4.69) is 4.74 Å². The van der Waals surface area contributed by atoms with E-state index in [1.54, 1.807) is 0 Å². The molecule has 0 aliphatic heterocycles. The van der Waals surface area contributed by atoms with Crippen LogP contribution >= 0.6 is 23.2 Å². The van der Waals surface area contributed by atoms with Crippen molar-refractivity contribution in [2.24, 2.45) is 0 Å². The van der Waals surface area contributed by atoms with Crippen LogP contribution in [-0.4, -0.2) is 13.1 Å². The predicted molar refractivity (Wildman–Crippen MR) is 66.0 cm³/mol. The highest BCUT2D eigenvalue weighted by Crippen LogP contribution is 2.19. The number of hydrogen-bond acceptors (Lipinski definition) is 2. The minimum atomic E-state index is -0.179. The first-order valence-electron chi connectivity index (χ1n) is 5.07. The summed E-state index contributed by atoms with van der Waals surface area (Å²) in [6, 6.07) is 5.66. The summed E-state index contributed by atoms with van der Waals surface area (Å²) in [4.78, 5) is 10.9. The molecule has 0 aromatic heterocycles. The van der Waals surface area contributed by atoms with Crippen LogP contribution in [0.4, 0.5) is 0 Å². The van der Waals surface area contributed by atoms with E-state index in [9.17, 15) is 4.79 Å². The van der Waals surface area contributed by atoms with Gasteiger partial charge in [0.1, 0.15) is 0 Å². The Labute approximate surface area is 106 Å². The van der Waals surface area contributed by atoms with Gasteiger partial charge in [0, 0.05) is 17.3 Å². The molecule has 1 aromatic carbocycles. The normalized spacial score (nSPS) is 10.2. The van der Waals surface area contributed by atoms with Crippen molar-refractivity contribution >= 4 is 29.2 Å². The van der Waals surface area contributed by atoms with Crippen molar-refractivity contribution in [2.45, 2.75) is 25.1 Å². The summed E-state index contributed by atoms with van der Waals surface area (Å²) in [5.41, 5.74) is 2.17. The first kappa shape index (κ1) is 13.3. The van der Waals surface area contributed by atoms with Crippen molar-refractivity contribution in [1.82, 2.24) is 0 Å². The zero-order chi connectivity index (χ0) is 12.0. The lowest BCUT2D eigenvalue weighted by molar-refractivity contribution is -0.140. The summed E-state index contributed by atoms with van der Waals surface area (Å²) in [7, 11) is 1.40. The van der Waals surface area contributed by atoms with Crippen molar-refractivity contribution in [1.29, 1.82) is 0 Å². The molecule has 0 saturated carbocycles. The number of halogens is 2. The first-order valence-corrected chi connectivity index (χ1v) is 5.98. The van der Waals surface area contributed by atoms with Crippen LogP contribution in [0, 0.1) is 0 Å². The van der Waals surface area contributed by atoms with Crippen LogP contribution in [0.15, 0.2) is 18.2 Å². The number of alkyl halides is 1. The zero-order valence-electron chi connectivity index (χ0n) is 9.13. The van der Waals surface area contributed by atoms with Crippen LogP contribution in [0.2, 0.25) is 5.02 Å². The second-order valence-corrected chi connectivity index (χ2v) is 4.18. The van der Waals surface area contributed by atoms with Gasteiger partial charge in [-0.3, -0.25) is 4.79 Å². The Morgan fingerprint density at radius 3 is 2.75 bits per heavy atom. The monoisotopic (exact) mass is 260 g/mol. The molecule has 0 spiro atoms. The molecular weight excluding hydrogens is 247 g/mol. The quantitative estimate of drug-likeness (QED) is 0.598. The van der Waals surface area contributed by atoms with E-state index in [1.165, 1.54) is 7.11 Å². The molecule has 0 fully saturated rings. The molecule has 1 rings (SSSR count). The van der Waals surface area contributed by atoms with Gasteiger partial charge < -0.3 is 4.74 Å². The predicted octanol–water partition coefficient (Wildman–Crippen LogP) is 3.57. The van der Waals surface area contributed by atoms with Gasteiger partial charge >= 0.3 is 5.97 Å². The topological polar surface area (TPSA) is 26.3 Å². The molecule has 4 heteroatoms. The molecule has 16 heavy (non-hydrogen) atoms. The van der Waals surface area contributed by atoms with Gasteiger partial charge in [-0.15, -0.1) is 11.6 Å². The molecule has 0 radical (unpaired) electrons. The standard InChI is InChI=1S/C12H14Cl2O2/c1-16-12(15)4-2-3-9-5-6-11(14)7-10(9)8-13/h5-7H,2-4,8H2,1H3. The van der Waals surface area contributed by atoms with Crippen molar-refractivity contribution in [3.8, 4) is 0 Å². The molecule has 0 bridgehead atoms. The van der Waals surface area contributed by atoms with E-state index < -0.39 is 0 Å². The number of hydrogen-bond donors (Lipinski definition) is 0. The number of methoxy groups -OCH3 is 1. The minimum absolute atomic E-state index is 0.179. The summed E-state index contributed by atoms with van der Waals surface area (Å²) in [5.74, 6) is 0.259. The van der Waals surface area contributed by atoms with Gasteiger partial charge in [-0.05, 0) is 36.1 Å². The molecule has 1 aromatic rings. The lowest BCUT2D eigenvalue weighted by Gasteiger charge is -2.07. The second-order valence-electron chi connectivity index (χ2n) is 3.48. The highest BCUT2D eigenvalue weighted by Gasteiger charge is 2.05. The number of carbonyl (C=O) groups is 1. The first-order chi connectivity index (χ1) is 7.67. The van der Waals surface area contributed by atoms with Gasteiger partial charge in [-0.25, -0.2) is 0 Å². The summed E-state index contributed by atoms with van der Waals surface area (Å²) in [5, 5.41) is 0.687. The van der Waals surface area contributed by atoms with Gasteiger partial charge in [-0.2, -0.15) is 0 Å². The molecule has 88 valence electrons. The average Bonchev–Trinajstić information content (AvgIpc) is 2.30. The highest BCUT2D eigenvalue weighted by atomic mass is 35.5. The average molecular weight is 261 g/mol. The van der Waals surface area contributed by atoms with Crippen molar-refractivity contribution in [2.75, 3.05) is 7.11 Å². The molecule has 0 saturated heterocycles. The summed E-state index contributed by atoms with van der Waals surface area (Å²) in [6.07, 6.45) is 2.01. The molecule has 0 unspecified atom stereocenters. The van der Waals surface area contributed by atoms with Gasteiger partial charge in [0.25, 0.3) is 0 Å². The van der Waals surface area contributed by atoms with Crippen molar-refractivity contribution in [3.63, 3.8) is 0 Å². The van der Waals surface area contributed by atoms with Crippen LogP contribution in [0.25, 0.3) is 0 Å². The maximum Gasteiger partial charge on any atom is 0.305 e. The Balaban J connectivity index is 2.56. The largest absolute Gasteiger partial charge is 0.469 e. The van der Waals surface area contributed by atoms with Crippen LogP contribution in [0.3, 0.4) is 0 Å². The molecular formula is C12H14Cl2O2. The Morgan fingerprint density at radius 2 is 2.12 bits per heavy atom. The van der Waals surface area contributed by atoms with E-state index in [0.717, 1.165) is 24.0 Å². The Hall–Kier alpha value is -0.730. The van der Waals surface area contributed by atoms with E-state index in [-0.39, 0.29) is 5.97 Å². The molecule has 0 heterocycles. The third-order valence-electron chi connectivity index (χ3n) is 2.37. The van der Waals surface area contributed by atoms with E-state index in [4.69, 9.17) is 23.2 Å². The van der Waals surface area contributed by atoms with Gasteiger partial charge in [-0.1, -0.05) is 17.7 Å². The number of ether oxygens (including phenoxy) is 1. The number of carbonyl (C=O) groups excluding carboxylic acids is 1.